The average molecular weight is 716 g/mol. The summed E-state index contributed by atoms with van der Waals surface area (Å²) in [6.45, 7) is 8.79. The predicted molar refractivity (Wildman–Crippen MR) is 191 cm³/mol. The first-order valence-electron chi connectivity index (χ1n) is 15.9. The quantitative estimate of drug-likeness (QED) is 0.230. The summed E-state index contributed by atoms with van der Waals surface area (Å²) in [4.78, 5) is 53.9. The standard InChI is InChI=1S/C36H46ClN3O8S/c1-21(24-15-16-28(47-5)25(37)19-24)30-33(44)38-20-36(3,4)35(46)39-26(17-18-49-6)34(45)48-27(13-10-14-29(41)40-30)22(2)31(42)32(43)23-11-8-7-9-12-23/h7-12,14-16,19,22,26-27,30-32,42-43H,1,13,17-18,20H2,2-6H3,(H,38,44)(H,39,46)(H,40,41)/b14-10+/t22-,26-,27-,30+,31+,32+/m0/s1. The van der Waals surface area contributed by atoms with Gasteiger partial charge in [-0.3, -0.25) is 14.4 Å². The van der Waals surface area contributed by atoms with Crippen LogP contribution in [0.4, 0.5) is 0 Å². The third kappa shape index (κ3) is 10.8. The van der Waals surface area contributed by atoms with Crippen molar-refractivity contribution in [2.24, 2.45) is 11.3 Å². The van der Waals surface area contributed by atoms with E-state index in [1.807, 2.05) is 6.26 Å². The fourth-order valence-electron chi connectivity index (χ4n) is 5.13. The van der Waals surface area contributed by atoms with Gasteiger partial charge in [0.05, 0.1) is 23.7 Å². The molecule has 0 saturated carbocycles. The Balaban J connectivity index is 1.99. The number of thioether (sulfide) groups is 1. The molecule has 11 nitrogen and oxygen atoms in total. The van der Waals surface area contributed by atoms with Crippen molar-refractivity contribution in [1.29, 1.82) is 0 Å². The number of halogens is 1. The summed E-state index contributed by atoms with van der Waals surface area (Å²) >= 11 is 7.82. The predicted octanol–water partition coefficient (Wildman–Crippen LogP) is 3.83. The van der Waals surface area contributed by atoms with Gasteiger partial charge in [-0.25, -0.2) is 4.79 Å². The summed E-state index contributed by atoms with van der Waals surface area (Å²) in [5.41, 5.74) is 0.00566. The summed E-state index contributed by atoms with van der Waals surface area (Å²) in [6, 6.07) is 11.1. The van der Waals surface area contributed by atoms with E-state index in [-0.39, 0.29) is 30.0 Å². The summed E-state index contributed by atoms with van der Waals surface area (Å²) in [5.74, 6) is -2.35. The van der Waals surface area contributed by atoms with Gasteiger partial charge in [0.25, 0.3) is 0 Å². The lowest BCUT2D eigenvalue weighted by Gasteiger charge is -2.32. The first kappa shape index (κ1) is 39.6. The maximum absolute atomic E-state index is 13.6. The van der Waals surface area contributed by atoms with Crippen molar-refractivity contribution in [3.8, 4) is 5.75 Å². The molecule has 1 aliphatic rings. The number of hydrogen-bond acceptors (Lipinski definition) is 9. The molecule has 0 radical (unpaired) electrons. The molecule has 1 aliphatic heterocycles. The molecule has 2 aromatic rings. The lowest BCUT2D eigenvalue weighted by molar-refractivity contribution is -0.160. The lowest BCUT2D eigenvalue weighted by atomic mass is 9.89. The van der Waals surface area contributed by atoms with Gasteiger partial charge < -0.3 is 35.6 Å². The molecule has 266 valence electrons. The Hall–Kier alpha value is -3.84. The molecule has 0 saturated heterocycles. The number of rotatable bonds is 10. The van der Waals surface area contributed by atoms with Crippen molar-refractivity contribution >= 4 is 52.6 Å². The molecule has 2 aromatic carbocycles. The molecule has 6 atom stereocenters. The fraction of sp³-hybridized carbons (Fsp3) is 0.444. The molecule has 0 aromatic heterocycles. The lowest BCUT2D eigenvalue weighted by Crippen LogP contribution is -2.54. The molecule has 13 heteroatoms. The van der Waals surface area contributed by atoms with Crippen molar-refractivity contribution in [1.82, 2.24) is 16.0 Å². The van der Waals surface area contributed by atoms with Crippen LogP contribution in [-0.4, -0.2) is 83.9 Å². The number of carbonyl (C=O) groups is 4. The zero-order valence-corrected chi connectivity index (χ0v) is 30.0. The third-order valence-electron chi connectivity index (χ3n) is 8.43. The second-order valence-electron chi connectivity index (χ2n) is 12.5. The summed E-state index contributed by atoms with van der Waals surface area (Å²) < 4.78 is 11.1. The van der Waals surface area contributed by atoms with Gasteiger partial charge in [0.15, 0.2) is 0 Å². The van der Waals surface area contributed by atoms with E-state index in [4.69, 9.17) is 21.1 Å². The molecule has 3 amide bonds. The van der Waals surface area contributed by atoms with E-state index in [0.29, 0.717) is 22.6 Å². The number of esters is 1. The first-order chi connectivity index (χ1) is 23.2. The molecule has 3 rings (SSSR count). The Morgan fingerprint density at radius 1 is 1.12 bits per heavy atom. The van der Waals surface area contributed by atoms with Crippen LogP contribution in [0, 0.1) is 11.3 Å². The SMILES string of the molecule is C=C(c1ccc(OC)c(Cl)c1)[C@H]1NC(=O)/C=C/C[C@@H]([C@H](C)[C@@H](O)[C@H](O)c2ccccc2)OC(=O)[C@H](CCSC)NC(=O)C(C)(C)CNC1=O. The Labute approximate surface area is 296 Å². The van der Waals surface area contributed by atoms with Crippen LogP contribution >= 0.6 is 23.4 Å². The van der Waals surface area contributed by atoms with E-state index in [1.165, 1.54) is 31.0 Å². The molecular formula is C36H46ClN3O8S. The van der Waals surface area contributed by atoms with Crippen molar-refractivity contribution in [3.05, 3.63) is 83.4 Å². The number of ether oxygens (including phenoxy) is 2. The smallest absolute Gasteiger partial charge is 0.328 e. The summed E-state index contributed by atoms with van der Waals surface area (Å²) in [7, 11) is 1.47. The molecule has 5 N–H and O–H groups in total. The highest BCUT2D eigenvalue weighted by atomic mass is 35.5. The van der Waals surface area contributed by atoms with E-state index < -0.39 is 65.4 Å². The van der Waals surface area contributed by atoms with Gasteiger partial charge in [-0.1, -0.05) is 67.6 Å². The number of carbonyl (C=O) groups excluding carboxylic acids is 4. The molecule has 0 bridgehead atoms. The average Bonchev–Trinajstić information content (AvgIpc) is 3.09. The number of benzene rings is 2. The maximum atomic E-state index is 13.6. The van der Waals surface area contributed by atoms with E-state index in [9.17, 15) is 29.4 Å². The largest absolute Gasteiger partial charge is 0.495 e. The highest BCUT2D eigenvalue weighted by Crippen LogP contribution is 2.30. The Morgan fingerprint density at radius 2 is 1.82 bits per heavy atom. The minimum absolute atomic E-state index is 0.0283. The molecule has 49 heavy (non-hydrogen) atoms. The number of aliphatic hydroxyl groups excluding tert-OH is 2. The Morgan fingerprint density at radius 3 is 2.45 bits per heavy atom. The Bertz CT molecular complexity index is 1520. The highest BCUT2D eigenvalue weighted by Gasteiger charge is 2.37. The molecule has 1 heterocycles. The van der Waals surface area contributed by atoms with Crippen LogP contribution in [0.1, 0.15) is 50.8 Å². The molecule has 0 spiro atoms. The second-order valence-corrected chi connectivity index (χ2v) is 13.9. The number of amides is 3. The second kappa shape index (κ2) is 18.2. The van der Waals surface area contributed by atoms with Crippen molar-refractivity contribution in [2.45, 2.75) is 64.0 Å². The van der Waals surface area contributed by atoms with Gasteiger partial charge in [-0.15, -0.1) is 0 Å². The van der Waals surface area contributed by atoms with Gasteiger partial charge in [0, 0.05) is 18.9 Å². The van der Waals surface area contributed by atoms with Gasteiger partial charge in [-0.2, -0.15) is 11.8 Å². The maximum Gasteiger partial charge on any atom is 0.328 e. The van der Waals surface area contributed by atoms with Crippen LogP contribution in [0.15, 0.2) is 67.3 Å². The number of nitrogens with one attached hydrogen (secondary N) is 3. The number of methoxy groups -OCH3 is 1. The van der Waals surface area contributed by atoms with Gasteiger partial charge >= 0.3 is 5.97 Å². The Kier molecular flexibility index (Phi) is 14.7. The van der Waals surface area contributed by atoms with Crippen LogP contribution in [0.2, 0.25) is 5.02 Å². The van der Waals surface area contributed by atoms with Crippen LogP contribution < -0.4 is 20.7 Å². The van der Waals surface area contributed by atoms with Crippen LogP contribution in [0.25, 0.3) is 5.57 Å². The van der Waals surface area contributed by atoms with E-state index in [2.05, 4.69) is 22.5 Å². The molecule has 0 fully saturated rings. The first-order valence-corrected chi connectivity index (χ1v) is 17.7. The number of cyclic esters (lactones) is 1. The summed E-state index contributed by atoms with van der Waals surface area (Å²) in [5, 5.41) is 30.6. The van der Waals surface area contributed by atoms with E-state index in [1.54, 1.807) is 69.3 Å². The van der Waals surface area contributed by atoms with Crippen LogP contribution in [0.5, 0.6) is 5.75 Å². The van der Waals surface area contributed by atoms with Crippen LogP contribution in [-0.2, 0) is 23.9 Å². The normalized spacial score (nSPS) is 23.1. The van der Waals surface area contributed by atoms with Crippen molar-refractivity contribution in [2.75, 3.05) is 25.7 Å². The zero-order valence-electron chi connectivity index (χ0n) is 28.4. The topological polar surface area (TPSA) is 163 Å². The fourth-order valence-corrected chi connectivity index (χ4v) is 5.86. The third-order valence-corrected chi connectivity index (χ3v) is 9.37. The van der Waals surface area contributed by atoms with Crippen molar-refractivity contribution < 1.29 is 38.9 Å². The van der Waals surface area contributed by atoms with E-state index >= 15 is 0 Å². The molecule has 0 aliphatic carbocycles. The van der Waals surface area contributed by atoms with Gasteiger partial charge in [0.1, 0.15) is 30.0 Å². The van der Waals surface area contributed by atoms with Crippen molar-refractivity contribution in [3.63, 3.8) is 0 Å². The van der Waals surface area contributed by atoms with E-state index in [0.717, 1.165) is 0 Å². The molecular weight excluding hydrogens is 670 g/mol. The summed E-state index contributed by atoms with van der Waals surface area (Å²) in [6.07, 6.45) is 1.12. The highest BCUT2D eigenvalue weighted by molar-refractivity contribution is 7.98. The monoisotopic (exact) mass is 715 g/mol. The number of aliphatic hydroxyl groups is 2. The van der Waals surface area contributed by atoms with Crippen LogP contribution in [0.3, 0.4) is 0 Å². The minimum Gasteiger partial charge on any atom is -0.495 e. The minimum atomic E-state index is -1.35. The number of hydrogen-bond donors (Lipinski definition) is 5. The zero-order chi connectivity index (χ0) is 36.3. The van der Waals surface area contributed by atoms with Gasteiger partial charge in [0.2, 0.25) is 17.7 Å². The molecule has 0 unspecified atom stereocenters. The van der Waals surface area contributed by atoms with Gasteiger partial charge in [-0.05, 0) is 67.2 Å².